The predicted octanol–water partition coefficient (Wildman–Crippen LogP) is 3.08. The van der Waals surface area contributed by atoms with E-state index in [1.54, 1.807) is 19.5 Å². The van der Waals surface area contributed by atoms with E-state index in [2.05, 4.69) is 20.3 Å². The van der Waals surface area contributed by atoms with Crippen LogP contribution in [0.15, 0.2) is 30.6 Å². The zero-order chi connectivity index (χ0) is 18.8. The summed E-state index contributed by atoms with van der Waals surface area (Å²) in [5.41, 5.74) is 3.26. The first kappa shape index (κ1) is 17.8. The Morgan fingerprint density at radius 1 is 1.37 bits per heavy atom. The maximum absolute atomic E-state index is 11.9. The van der Waals surface area contributed by atoms with Crippen molar-refractivity contribution < 1.29 is 14.3 Å². The van der Waals surface area contributed by atoms with Gasteiger partial charge in [-0.3, -0.25) is 4.79 Å². The number of nitrogens with zero attached hydrogens (tertiary/aromatic N) is 2. The summed E-state index contributed by atoms with van der Waals surface area (Å²) in [4.78, 5) is 23.8. The fourth-order valence-electron chi connectivity index (χ4n) is 2.98. The molecule has 1 saturated heterocycles. The highest BCUT2D eigenvalue weighted by atomic mass is 35.5. The summed E-state index contributed by atoms with van der Waals surface area (Å²) in [6, 6.07) is 5.79. The number of aromatic amines is 1. The highest BCUT2D eigenvalue weighted by molar-refractivity contribution is 6.34. The second-order valence-corrected chi connectivity index (χ2v) is 6.83. The third kappa shape index (κ3) is 3.89. The molecule has 1 aromatic carbocycles. The van der Waals surface area contributed by atoms with Crippen LogP contribution in [0.5, 0.6) is 5.88 Å². The Kier molecular flexibility index (Phi) is 4.96. The van der Waals surface area contributed by atoms with Crippen LogP contribution < -0.4 is 10.1 Å². The molecule has 1 fully saturated rings. The number of methoxy groups -OCH3 is 1. The Morgan fingerprint density at radius 2 is 2.22 bits per heavy atom. The first-order valence-corrected chi connectivity index (χ1v) is 9.06. The van der Waals surface area contributed by atoms with Gasteiger partial charge in [0.05, 0.1) is 49.3 Å². The largest absolute Gasteiger partial charge is 0.480 e. The third-order valence-electron chi connectivity index (χ3n) is 4.56. The highest BCUT2D eigenvalue weighted by Gasteiger charge is 2.21. The van der Waals surface area contributed by atoms with Crippen molar-refractivity contribution in [1.29, 1.82) is 0 Å². The Hall–Kier alpha value is -2.64. The number of H-pyrrole nitrogens is 1. The number of hydrogen-bond donors (Lipinski definition) is 2. The summed E-state index contributed by atoms with van der Waals surface area (Å²) < 4.78 is 10.3. The van der Waals surface area contributed by atoms with E-state index in [0.29, 0.717) is 29.6 Å². The van der Waals surface area contributed by atoms with Crippen molar-refractivity contribution in [1.82, 2.24) is 20.3 Å². The number of aromatic nitrogens is 3. The van der Waals surface area contributed by atoms with Crippen LogP contribution in [-0.4, -0.2) is 40.7 Å². The fourth-order valence-corrected chi connectivity index (χ4v) is 3.25. The van der Waals surface area contributed by atoms with Crippen LogP contribution in [-0.2, 0) is 16.1 Å². The molecule has 1 atom stereocenters. The smallest absolute Gasteiger partial charge is 0.232 e. The fraction of sp³-hybridized carbons (Fsp3) is 0.316. The average molecular weight is 387 g/mol. The lowest BCUT2D eigenvalue weighted by Gasteiger charge is -2.25. The van der Waals surface area contributed by atoms with Crippen LogP contribution in [0.3, 0.4) is 0 Å². The van der Waals surface area contributed by atoms with E-state index < -0.39 is 0 Å². The predicted molar refractivity (Wildman–Crippen MR) is 102 cm³/mol. The maximum Gasteiger partial charge on any atom is 0.232 e. The van der Waals surface area contributed by atoms with Crippen LogP contribution in [0.4, 0.5) is 0 Å². The lowest BCUT2D eigenvalue weighted by Crippen LogP contribution is -2.34. The van der Waals surface area contributed by atoms with Gasteiger partial charge in [-0.1, -0.05) is 11.6 Å². The quantitative estimate of drug-likeness (QED) is 0.679. The number of amides is 1. The molecule has 0 spiro atoms. The minimum absolute atomic E-state index is 0.00872. The minimum atomic E-state index is -0.00872. The van der Waals surface area contributed by atoms with E-state index in [0.717, 1.165) is 35.2 Å². The number of ether oxygens (including phenoxy) is 2. The molecule has 7 nitrogen and oxygen atoms in total. The zero-order valence-corrected chi connectivity index (χ0v) is 15.5. The van der Waals surface area contributed by atoms with Crippen molar-refractivity contribution in [3.63, 3.8) is 0 Å². The molecule has 3 aromatic rings. The van der Waals surface area contributed by atoms with Crippen LogP contribution in [0.25, 0.3) is 22.2 Å². The third-order valence-corrected chi connectivity index (χ3v) is 4.87. The lowest BCUT2D eigenvalue weighted by atomic mass is 10.1. The van der Waals surface area contributed by atoms with Gasteiger partial charge in [-0.15, -0.1) is 0 Å². The van der Waals surface area contributed by atoms with Gasteiger partial charge in [0.2, 0.25) is 11.8 Å². The van der Waals surface area contributed by atoms with Crippen molar-refractivity contribution >= 4 is 28.4 Å². The number of carbonyl (C=O) groups excluding carboxylic acids is 1. The first-order chi connectivity index (χ1) is 13.1. The second-order valence-electron chi connectivity index (χ2n) is 6.42. The van der Waals surface area contributed by atoms with E-state index in [4.69, 9.17) is 21.1 Å². The summed E-state index contributed by atoms with van der Waals surface area (Å²) in [5.74, 6) is 0.437. The Bertz CT molecular complexity index is 967. The van der Waals surface area contributed by atoms with E-state index in [1.807, 2.05) is 18.2 Å². The van der Waals surface area contributed by atoms with Crippen LogP contribution in [0.1, 0.15) is 18.5 Å². The molecule has 2 aromatic heterocycles. The standard InChI is InChI=1S/C19H19ClN4O3/c1-26-19-10-21-17(9-23-19)14-7-16-11(5-15(14)20)4-12(24-16)8-22-18(25)6-13-2-3-27-13/h4-5,7,9-10,13,24H,2-3,6,8H2,1H3,(H,22,25)/t13-/m1/s1. The molecular formula is C19H19ClN4O3. The Morgan fingerprint density at radius 3 is 2.89 bits per heavy atom. The van der Waals surface area contributed by atoms with Gasteiger partial charge >= 0.3 is 0 Å². The van der Waals surface area contributed by atoms with Crippen LogP contribution in [0.2, 0.25) is 5.02 Å². The van der Waals surface area contributed by atoms with E-state index in [9.17, 15) is 4.79 Å². The summed E-state index contributed by atoms with van der Waals surface area (Å²) in [7, 11) is 1.54. The minimum Gasteiger partial charge on any atom is -0.480 e. The molecular weight excluding hydrogens is 368 g/mol. The molecule has 1 amide bonds. The van der Waals surface area contributed by atoms with Gasteiger partial charge in [0.1, 0.15) is 0 Å². The van der Waals surface area contributed by atoms with E-state index >= 15 is 0 Å². The summed E-state index contributed by atoms with van der Waals surface area (Å²) in [6.07, 6.45) is 4.61. The average Bonchev–Trinajstić information content (AvgIpc) is 3.04. The van der Waals surface area contributed by atoms with Crippen LogP contribution >= 0.6 is 11.6 Å². The highest BCUT2D eigenvalue weighted by Crippen LogP contribution is 2.31. The number of halogens is 1. The van der Waals surface area contributed by atoms with Gasteiger partial charge in [0, 0.05) is 28.8 Å². The zero-order valence-electron chi connectivity index (χ0n) is 14.8. The molecule has 0 radical (unpaired) electrons. The molecule has 4 rings (SSSR count). The van der Waals surface area contributed by atoms with Gasteiger partial charge in [-0.25, -0.2) is 9.97 Å². The molecule has 8 heteroatoms. The molecule has 1 aliphatic rings. The van der Waals surface area contributed by atoms with Crippen LogP contribution in [0, 0.1) is 0 Å². The van der Waals surface area contributed by atoms with Crippen molar-refractivity contribution in [2.24, 2.45) is 0 Å². The van der Waals surface area contributed by atoms with Gasteiger partial charge in [0.25, 0.3) is 0 Å². The molecule has 0 unspecified atom stereocenters. The number of benzene rings is 1. The van der Waals surface area contributed by atoms with E-state index in [1.165, 1.54) is 0 Å². The molecule has 1 aliphatic heterocycles. The number of carbonyl (C=O) groups is 1. The van der Waals surface area contributed by atoms with Crippen molar-refractivity contribution in [2.45, 2.75) is 25.5 Å². The number of nitrogens with one attached hydrogen (secondary N) is 2. The SMILES string of the molecule is COc1cnc(-c2cc3[nH]c(CNC(=O)C[C@H]4CCO4)cc3cc2Cl)cn1. The topological polar surface area (TPSA) is 89.1 Å². The van der Waals surface area contributed by atoms with Crippen molar-refractivity contribution in [3.8, 4) is 17.1 Å². The summed E-state index contributed by atoms with van der Waals surface area (Å²) in [5, 5.41) is 4.46. The molecule has 0 aliphatic carbocycles. The Balaban J connectivity index is 1.50. The molecule has 3 heterocycles. The van der Waals surface area contributed by atoms with Crippen molar-refractivity contribution in [2.75, 3.05) is 13.7 Å². The molecule has 140 valence electrons. The monoisotopic (exact) mass is 386 g/mol. The van der Waals surface area contributed by atoms with Crippen molar-refractivity contribution in [3.05, 3.63) is 41.3 Å². The summed E-state index contributed by atoms with van der Waals surface area (Å²) in [6.45, 7) is 1.18. The van der Waals surface area contributed by atoms with Gasteiger partial charge in [-0.05, 0) is 24.6 Å². The normalized spacial score (nSPS) is 16.1. The van der Waals surface area contributed by atoms with Gasteiger partial charge < -0.3 is 19.8 Å². The molecule has 2 N–H and O–H groups in total. The second kappa shape index (κ2) is 7.54. The molecule has 0 bridgehead atoms. The van der Waals surface area contributed by atoms with E-state index in [-0.39, 0.29) is 12.0 Å². The Labute approximate surface area is 161 Å². The first-order valence-electron chi connectivity index (χ1n) is 8.68. The number of rotatable bonds is 6. The van der Waals surface area contributed by atoms with Gasteiger partial charge in [0.15, 0.2) is 0 Å². The molecule has 27 heavy (non-hydrogen) atoms. The maximum atomic E-state index is 11.9. The molecule has 0 saturated carbocycles. The number of hydrogen-bond acceptors (Lipinski definition) is 5. The number of fused-ring (bicyclic) bond motifs is 1. The van der Waals surface area contributed by atoms with Gasteiger partial charge in [-0.2, -0.15) is 0 Å². The lowest BCUT2D eigenvalue weighted by molar-refractivity contribution is -0.129. The summed E-state index contributed by atoms with van der Waals surface area (Å²) >= 11 is 6.43.